The fourth-order valence-electron chi connectivity index (χ4n) is 2.46. The van der Waals surface area contributed by atoms with Gasteiger partial charge in [-0.3, -0.25) is 0 Å². The lowest BCUT2D eigenvalue weighted by Gasteiger charge is -2.27. The summed E-state index contributed by atoms with van der Waals surface area (Å²) in [5.74, 6) is 0.409. The van der Waals surface area contributed by atoms with Gasteiger partial charge in [-0.05, 0) is 30.4 Å². The molecule has 0 aromatic heterocycles. The second-order valence-corrected chi connectivity index (χ2v) is 5.24. The maximum atomic E-state index is 9.85. The lowest BCUT2D eigenvalue weighted by molar-refractivity contribution is 0.0695. The average Bonchev–Trinajstić information content (AvgIpc) is 2.34. The van der Waals surface area contributed by atoms with Gasteiger partial charge in [0.25, 0.3) is 0 Å². The third kappa shape index (κ3) is 3.70. The van der Waals surface area contributed by atoms with E-state index in [9.17, 15) is 5.11 Å². The molecular weight excluding hydrogens is 234 g/mol. The largest absolute Gasteiger partial charge is 0.393 e. The summed E-state index contributed by atoms with van der Waals surface area (Å²) in [6, 6.07) is 7.88. The van der Waals surface area contributed by atoms with E-state index in [1.165, 1.54) is 12.8 Å². The van der Waals surface area contributed by atoms with E-state index in [2.05, 4.69) is 5.32 Å². The summed E-state index contributed by atoms with van der Waals surface area (Å²) < 4.78 is 0. The van der Waals surface area contributed by atoms with Crippen LogP contribution in [0.4, 0.5) is 0 Å². The molecule has 0 spiro atoms. The molecule has 0 bridgehead atoms. The molecule has 2 rings (SSSR count). The Morgan fingerprint density at radius 1 is 1.24 bits per heavy atom. The second kappa shape index (κ2) is 6.39. The minimum absolute atomic E-state index is 0.123. The molecule has 1 saturated carbocycles. The first kappa shape index (κ1) is 12.9. The zero-order valence-corrected chi connectivity index (χ0v) is 10.8. The molecule has 2 N–H and O–H groups in total. The van der Waals surface area contributed by atoms with E-state index in [4.69, 9.17) is 11.6 Å². The molecule has 1 aromatic rings. The molecule has 0 aliphatic heterocycles. The number of hydrogen-bond donors (Lipinski definition) is 2. The van der Waals surface area contributed by atoms with Gasteiger partial charge in [-0.1, -0.05) is 42.6 Å². The SMILES string of the molecule is OC1CCCCC1CNCc1ccccc1Cl. The minimum Gasteiger partial charge on any atom is -0.393 e. The fourth-order valence-corrected chi connectivity index (χ4v) is 2.66. The van der Waals surface area contributed by atoms with Crippen molar-refractivity contribution in [3.8, 4) is 0 Å². The van der Waals surface area contributed by atoms with Crippen molar-refractivity contribution in [2.45, 2.75) is 38.3 Å². The Labute approximate surface area is 108 Å². The van der Waals surface area contributed by atoms with Crippen LogP contribution in [0, 0.1) is 5.92 Å². The molecule has 0 saturated heterocycles. The highest BCUT2D eigenvalue weighted by Gasteiger charge is 2.22. The van der Waals surface area contributed by atoms with Crippen molar-refractivity contribution in [3.63, 3.8) is 0 Å². The van der Waals surface area contributed by atoms with Gasteiger partial charge >= 0.3 is 0 Å². The van der Waals surface area contributed by atoms with Crippen LogP contribution in [0.15, 0.2) is 24.3 Å². The predicted molar refractivity (Wildman–Crippen MR) is 71.1 cm³/mol. The van der Waals surface area contributed by atoms with Crippen LogP contribution in [-0.4, -0.2) is 17.8 Å². The van der Waals surface area contributed by atoms with Crippen molar-refractivity contribution < 1.29 is 5.11 Å². The highest BCUT2D eigenvalue weighted by Crippen LogP contribution is 2.23. The quantitative estimate of drug-likeness (QED) is 0.865. The van der Waals surface area contributed by atoms with Crippen LogP contribution in [0.1, 0.15) is 31.2 Å². The van der Waals surface area contributed by atoms with Gasteiger partial charge in [0.1, 0.15) is 0 Å². The Hall–Kier alpha value is -0.570. The minimum atomic E-state index is -0.123. The maximum Gasteiger partial charge on any atom is 0.0580 e. The van der Waals surface area contributed by atoms with E-state index >= 15 is 0 Å². The Morgan fingerprint density at radius 3 is 2.76 bits per heavy atom. The molecular formula is C14H20ClNO. The van der Waals surface area contributed by atoms with Crippen LogP contribution in [0.3, 0.4) is 0 Å². The zero-order chi connectivity index (χ0) is 12.1. The maximum absolute atomic E-state index is 9.85. The third-order valence-corrected chi connectivity index (χ3v) is 3.92. The van der Waals surface area contributed by atoms with Crippen molar-refractivity contribution in [2.24, 2.45) is 5.92 Å². The molecule has 1 fully saturated rings. The van der Waals surface area contributed by atoms with Gasteiger partial charge in [0.15, 0.2) is 0 Å². The molecule has 3 heteroatoms. The monoisotopic (exact) mass is 253 g/mol. The molecule has 2 nitrogen and oxygen atoms in total. The Morgan fingerprint density at radius 2 is 2.00 bits per heavy atom. The van der Waals surface area contributed by atoms with Gasteiger partial charge < -0.3 is 10.4 Å². The van der Waals surface area contributed by atoms with E-state index in [1.807, 2.05) is 24.3 Å². The average molecular weight is 254 g/mol. The van der Waals surface area contributed by atoms with Gasteiger partial charge in [0.05, 0.1) is 6.10 Å². The van der Waals surface area contributed by atoms with Crippen LogP contribution < -0.4 is 5.32 Å². The number of hydrogen-bond acceptors (Lipinski definition) is 2. The summed E-state index contributed by atoms with van der Waals surface area (Å²) in [5, 5.41) is 14.1. The van der Waals surface area contributed by atoms with Crippen molar-refractivity contribution in [1.82, 2.24) is 5.32 Å². The standard InChI is InChI=1S/C14H20ClNO/c15-13-7-3-1-5-11(13)9-16-10-12-6-2-4-8-14(12)17/h1,3,5,7,12,14,16-17H,2,4,6,8-10H2. The first-order valence-corrected chi connectivity index (χ1v) is 6.77. The van der Waals surface area contributed by atoms with Crippen LogP contribution in [0.5, 0.6) is 0 Å². The first-order valence-electron chi connectivity index (χ1n) is 6.39. The van der Waals surface area contributed by atoms with Crippen LogP contribution in [-0.2, 0) is 6.54 Å². The van der Waals surface area contributed by atoms with E-state index < -0.39 is 0 Å². The van der Waals surface area contributed by atoms with Crippen molar-refractivity contribution in [3.05, 3.63) is 34.9 Å². The van der Waals surface area contributed by atoms with Gasteiger partial charge in [0.2, 0.25) is 0 Å². The highest BCUT2D eigenvalue weighted by molar-refractivity contribution is 6.31. The third-order valence-electron chi connectivity index (χ3n) is 3.55. The Kier molecular flexibility index (Phi) is 4.84. The second-order valence-electron chi connectivity index (χ2n) is 4.83. The first-order chi connectivity index (χ1) is 8.27. The number of nitrogens with one attached hydrogen (secondary N) is 1. The normalized spacial score (nSPS) is 24.8. The van der Waals surface area contributed by atoms with E-state index in [-0.39, 0.29) is 6.10 Å². The molecule has 17 heavy (non-hydrogen) atoms. The molecule has 0 heterocycles. The summed E-state index contributed by atoms with van der Waals surface area (Å²) in [6.45, 7) is 1.66. The topological polar surface area (TPSA) is 32.3 Å². The Balaban J connectivity index is 1.77. The molecule has 94 valence electrons. The number of benzene rings is 1. The fraction of sp³-hybridized carbons (Fsp3) is 0.571. The summed E-state index contributed by atoms with van der Waals surface area (Å²) in [5.41, 5.74) is 1.12. The van der Waals surface area contributed by atoms with Gasteiger partial charge in [-0.2, -0.15) is 0 Å². The van der Waals surface area contributed by atoms with E-state index in [1.54, 1.807) is 0 Å². The van der Waals surface area contributed by atoms with Crippen LogP contribution in [0.25, 0.3) is 0 Å². The van der Waals surface area contributed by atoms with Gasteiger partial charge in [0, 0.05) is 18.1 Å². The van der Waals surface area contributed by atoms with E-state index in [0.29, 0.717) is 5.92 Å². The molecule has 1 aliphatic carbocycles. The van der Waals surface area contributed by atoms with Crippen LogP contribution >= 0.6 is 11.6 Å². The van der Waals surface area contributed by atoms with Crippen LogP contribution in [0.2, 0.25) is 5.02 Å². The van der Waals surface area contributed by atoms with Crippen molar-refractivity contribution >= 4 is 11.6 Å². The molecule has 1 aliphatic rings. The van der Waals surface area contributed by atoms with Crippen molar-refractivity contribution in [2.75, 3.05) is 6.54 Å². The predicted octanol–water partition coefficient (Wildman–Crippen LogP) is 2.98. The number of rotatable bonds is 4. The van der Waals surface area contributed by atoms with Gasteiger partial charge in [-0.25, -0.2) is 0 Å². The molecule has 0 radical (unpaired) electrons. The number of aliphatic hydroxyl groups is 1. The molecule has 2 unspecified atom stereocenters. The molecule has 2 atom stereocenters. The summed E-state index contributed by atoms with van der Waals surface area (Å²) in [4.78, 5) is 0. The van der Waals surface area contributed by atoms with E-state index in [0.717, 1.165) is 36.5 Å². The highest BCUT2D eigenvalue weighted by atomic mass is 35.5. The summed E-state index contributed by atoms with van der Waals surface area (Å²) in [7, 11) is 0. The molecule has 0 amide bonds. The number of aliphatic hydroxyl groups excluding tert-OH is 1. The lowest BCUT2D eigenvalue weighted by Crippen LogP contribution is -2.33. The zero-order valence-electron chi connectivity index (χ0n) is 10.0. The summed E-state index contributed by atoms with van der Waals surface area (Å²) in [6.07, 6.45) is 4.38. The molecule has 1 aromatic carbocycles. The smallest absolute Gasteiger partial charge is 0.0580 e. The Bertz CT molecular complexity index is 356. The lowest BCUT2D eigenvalue weighted by atomic mass is 9.86. The summed E-state index contributed by atoms with van der Waals surface area (Å²) >= 11 is 6.09. The number of halogens is 1. The van der Waals surface area contributed by atoms with Crippen molar-refractivity contribution in [1.29, 1.82) is 0 Å². The van der Waals surface area contributed by atoms with Gasteiger partial charge in [-0.15, -0.1) is 0 Å².